The van der Waals surface area contributed by atoms with Gasteiger partial charge in [0, 0.05) is 68.9 Å². The molecule has 6 N–H and O–H groups in total. The van der Waals surface area contributed by atoms with Crippen molar-refractivity contribution in [3.8, 4) is 0 Å². The van der Waals surface area contributed by atoms with E-state index in [0.717, 1.165) is 63.9 Å². The van der Waals surface area contributed by atoms with Crippen LogP contribution < -0.4 is 27.2 Å². The van der Waals surface area contributed by atoms with E-state index in [-0.39, 0.29) is 22.5 Å². The van der Waals surface area contributed by atoms with E-state index in [4.69, 9.17) is 26.0 Å². The normalized spacial score (nSPS) is 15.6. The van der Waals surface area contributed by atoms with Crippen molar-refractivity contribution in [3.05, 3.63) is 43.9 Å². The van der Waals surface area contributed by atoms with E-state index < -0.39 is 20.0 Å². The summed E-state index contributed by atoms with van der Waals surface area (Å²) in [6.45, 7) is 4.92. The van der Waals surface area contributed by atoms with Gasteiger partial charge in [0.1, 0.15) is 15.8 Å². The summed E-state index contributed by atoms with van der Waals surface area (Å²) in [4.78, 5) is 27.9. The Kier molecular flexibility index (Phi) is 15.4. The van der Waals surface area contributed by atoms with Gasteiger partial charge in [-0.2, -0.15) is 0 Å². The fraction of sp³-hybridized carbons (Fsp3) is 0.538. The summed E-state index contributed by atoms with van der Waals surface area (Å²) in [7, 11) is -5.79. The molecule has 1 saturated heterocycles. The van der Waals surface area contributed by atoms with Gasteiger partial charge in [-0.15, -0.1) is 25.9 Å². The maximum absolute atomic E-state index is 12.0. The molecule has 53 heavy (non-hydrogen) atoms. The number of azo groups is 2. The second kappa shape index (κ2) is 18.8. The van der Waals surface area contributed by atoms with E-state index >= 15 is 0 Å². The number of thiazole rings is 2. The highest BCUT2D eigenvalue weighted by molar-refractivity contribution is 8.09. The molecule has 0 unspecified atom stereocenters. The van der Waals surface area contributed by atoms with Gasteiger partial charge in [-0.05, 0) is 42.1 Å². The Morgan fingerprint density at radius 1 is 0.906 bits per heavy atom. The molecule has 3 aliphatic rings. The van der Waals surface area contributed by atoms with E-state index in [1.54, 1.807) is 30.3 Å². The molecule has 0 aliphatic carbocycles. The zero-order valence-electron chi connectivity index (χ0n) is 29.2. The van der Waals surface area contributed by atoms with Crippen LogP contribution in [0.15, 0.2) is 53.2 Å². The van der Waals surface area contributed by atoms with Crippen molar-refractivity contribution in [2.24, 2.45) is 27.5 Å². The largest absolute Gasteiger partial charge is 0.726 e. The summed E-state index contributed by atoms with van der Waals surface area (Å²) in [5.41, 5.74) is 11.9. The van der Waals surface area contributed by atoms with Gasteiger partial charge in [0.25, 0.3) is 11.1 Å². The average molecular weight is 827 g/mol. The number of ether oxygens (including phenoxy) is 1. The fourth-order valence-electron chi connectivity index (χ4n) is 4.43. The summed E-state index contributed by atoms with van der Waals surface area (Å²) in [5.74, 6) is 0.785. The predicted molar refractivity (Wildman–Crippen MR) is 194 cm³/mol. The number of aryl methyl sites for hydroxylation is 1. The third kappa shape index (κ3) is 13.4. The first-order chi connectivity index (χ1) is 24.8. The zero-order chi connectivity index (χ0) is 39.4. The molecule has 0 amide bonds. The van der Waals surface area contributed by atoms with E-state index in [1.165, 1.54) is 35.5 Å². The predicted octanol–water partition coefficient (Wildman–Crippen LogP) is 2.28. The number of nitrogens with two attached hydrogens (primary N) is 2. The summed E-state index contributed by atoms with van der Waals surface area (Å²) >= 11 is 2.81. The second-order valence-corrected chi connectivity index (χ2v) is 17.8. The Hall–Kier alpha value is -4.06. The molecule has 27 heteroatoms. The monoisotopic (exact) mass is 826 g/mol. The molecular formula is C26H42N12O11S4. The summed E-state index contributed by atoms with van der Waals surface area (Å²) in [6.07, 6.45) is 9.75. The van der Waals surface area contributed by atoms with Gasteiger partial charge < -0.3 is 25.3 Å². The van der Waals surface area contributed by atoms with E-state index in [2.05, 4.69) is 34.0 Å². The van der Waals surface area contributed by atoms with Gasteiger partial charge in [0.2, 0.25) is 21.2 Å². The van der Waals surface area contributed by atoms with Crippen LogP contribution in [-0.4, -0.2) is 83.5 Å². The lowest BCUT2D eigenvalue weighted by Crippen LogP contribution is -2.29. The quantitative estimate of drug-likeness (QED) is 0.0541. The van der Waals surface area contributed by atoms with Crippen LogP contribution in [0.4, 0.5) is 33.3 Å². The minimum atomic E-state index is -4.41. The van der Waals surface area contributed by atoms with Gasteiger partial charge in [-0.25, -0.2) is 36.8 Å². The number of rotatable bonds is 6. The molecule has 7 heterocycles. The van der Waals surface area contributed by atoms with Crippen molar-refractivity contribution in [1.29, 1.82) is 0 Å². The highest BCUT2D eigenvalue weighted by Gasteiger charge is 2.24. The van der Waals surface area contributed by atoms with Crippen LogP contribution in [0.5, 0.6) is 0 Å². The molecule has 1 fully saturated rings. The van der Waals surface area contributed by atoms with Crippen molar-refractivity contribution in [2.75, 3.05) is 44.3 Å². The fourth-order valence-corrected chi connectivity index (χ4v) is 5.56. The summed E-state index contributed by atoms with van der Waals surface area (Å²) in [6, 6.07) is 0. The number of fused-ring (bicyclic) bond motifs is 2. The molecule has 0 radical (unpaired) electrons. The number of hydrogen-bond acceptors (Lipinski definition) is 19. The first kappa shape index (κ1) is 43.3. The first-order valence-corrected chi connectivity index (χ1v) is 21.2. The van der Waals surface area contributed by atoms with Crippen LogP contribution in [0.3, 0.4) is 0 Å². The minimum absolute atomic E-state index is 0.159. The summed E-state index contributed by atoms with van der Waals surface area (Å²) < 4.78 is 66.4. The Labute approximate surface area is 311 Å². The Morgan fingerprint density at radius 2 is 1.38 bits per heavy atom. The van der Waals surface area contributed by atoms with Crippen LogP contribution in [0, 0.1) is 0 Å². The standard InChI is InChI=1S/C10H12N6OS.C9H10N6OS.C4H8O.C2H8O4S.CH4O4S/c1-14-5-6-18-10(14)13-12-7-8(11)15-3-2-4-16(15)9(7)17;10-7-6(12-13-9-11-2-5-17-9)8(16)15-4-1-3-14(7)15;1-2-4-5-3-1;1-7(2,4,5)6-3;1-5-6(2,3)4/h5-6,11H,2-4H2,1H3;2,5H,1,3-4,10H2;1-4H2;3H,1-2H3,(H,4,5);1H3,(H,2,3,4). The van der Waals surface area contributed by atoms with Crippen LogP contribution in [0.1, 0.15) is 25.7 Å². The average Bonchev–Trinajstić information content (AvgIpc) is 3.95. The van der Waals surface area contributed by atoms with E-state index in [1.807, 2.05) is 23.2 Å². The van der Waals surface area contributed by atoms with Gasteiger partial charge in [-0.1, -0.05) is 0 Å². The lowest BCUT2D eigenvalue weighted by molar-refractivity contribution is -0.654. The first-order valence-electron chi connectivity index (χ1n) is 15.5. The van der Waals surface area contributed by atoms with Crippen molar-refractivity contribution >= 4 is 76.0 Å². The smallest absolute Gasteiger partial charge is 0.408 e. The SMILES string of the molecule is C1CCOC1.COS(=O)(=O)[O-].CS(C)(=O)(O)OO.C[n+]1ccsc1N=Nc1c(N)n2n(c1=O)CCC2.Nc1c(N=Nc2nccs2)c(=O)n2n1CCC2. The molecule has 0 saturated carbocycles. The highest BCUT2D eigenvalue weighted by Crippen LogP contribution is 2.26. The van der Waals surface area contributed by atoms with Crippen LogP contribution in [-0.2, 0) is 66.5 Å². The maximum atomic E-state index is 12.0. The third-order valence-electron chi connectivity index (χ3n) is 6.87. The minimum Gasteiger partial charge on any atom is -0.726 e. The van der Waals surface area contributed by atoms with E-state index in [9.17, 15) is 26.8 Å². The number of aromatic nitrogens is 6. The topological polar surface area (TPSA) is 315 Å². The van der Waals surface area contributed by atoms with Gasteiger partial charge in [0.05, 0.1) is 19.3 Å². The number of anilines is 2. The molecule has 0 aromatic carbocycles. The number of nitrogens with zero attached hydrogens (tertiary/aromatic N) is 10. The maximum Gasteiger partial charge on any atom is 0.408 e. The molecule has 0 bridgehead atoms. The zero-order valence-corrected chi connectivity index (χ0v) is 32.5. The van der Waals surface area contributed by atoms with Gasteiger partial charge in [-0.3, -0.25) is 23.1 Å². The molecular weight excluding hydrogens is 785 g/mol. The van der Waals surface area contributed by atoms with Crippen molar-refractivity contribution < 1.29 is 44.8 Å². The molecule has 296 valence electrons. The number of hydrogen-bond donors (Lipinski definition) is 4. The van der Waals surface area contributed by atoms with Crippen molar-refractivity contribution in [2.45, 2.75) is 51.9 Å². The number of nitrogen functional groups attached to an aromatic ring is 2. The molecule has 3 aliphatic heterocycles. The van der Waals surface area contributed by atoms with Gasteiger partial charge >= 0.3 is 5.13 Å². The molecule has 23 nitrogen and oxygen atoms in total. The highest BCUT2D eigenvalue weighted by atomic mass is 32.3. The molecule has 0 atom stereocenters. The Balaban J connectivity index is 0.000000198. The van der Waals surface area contributed by atoms with E-state index in [0.29, 0.717) is 29.9 Å². The van der Waals surface area contributed by atoms with Crippen LogP contribution >= 0.6 is 22.7 Å². The Morgan fingerprint density at radius 3 is 1.72 bits per heavy atom. The second-order valence-electron chi connectivity index (χ2n) is 11.4. The lowest BCUT2D eigenvalue weighted by atomic mass is 10.4. The van der Waals surface area contributed by atoms with Gasteiger partial charge in [0.15, 0.2) is 17.3 Å². The van der Waals surface area contributed by atoms with Crippen LogP contribution in [0.25, 0.3) is 0 Å². The third-order valence-corrected chi connectivity index (χ3v) is 9.20. The van der Waals surface area contributed by atoms with Crippen molar-refractivity contribution in [1.82, 2.24) is 23.7 Å². The van der Waals surface area contributed by atoms with Crippen LogP contribution in [0.2, 0.25) is 0 Å². The lowest BCUT2D eigenvalue weighted by Gasteiger charge is -2.20. The van der Waals surface area contributed by atoms with Crippen molar-refractivity contribution in [3.63, 3.8) is 0 Å². The molecule has 0 spiro atoms. The molecule has 4 aromatic heterocycles. The molecule has 7 rings (SSSR count). The Bertz CT molecular complexity index is 2140. The summed E-state index contributed by atoms with van der Waals surface area (Å²) in [5, 5.41) is 28.5. The molecule has 4 aromatic rings.